The van der Waals surface area contributed by atoms with E-state index in [0.717, 1.165) is 0 Å². The molecule has 2 N–H and O–H groups in total. The van der Waals surface area contributed by atoms with E-state index in [1.54, 1.807) is 38.1 Å². The van der Waals surface area contributed by atoms with Gasteiger partial charge >= 0.3 is 0 Å². The van der Waals surface area contributed by atoms with Gasteiger partial charge in [-0.15, -0.1) is 0 Å². The first-order chi connectivity index (χ1) is 9.17. The number of aliphatic hydroxyl groups is 1. The second kappa shape index (κ2) is 5.50. The van der Waals surface area contributed by atoms with E-state index in [1.807, 2.05) is 13.1 Å². The Kier molecular flexibility index (Phi) is 4.81. The highest BCUT2D eigenvalue weighted by Crippen LogP contribution is 2.35. The summed E-state index contributed by atoms with van der Waals surface area (Å²) in [5, 5.41) is 9.84. The molecule has 0 aliphatic rings. The molecule has 4 nitrogen and oxygen atoms in total. The molecule has 6 heteroatoms. The van der Waals surface area contributed by atoms with E-state index >= 15 is 0 Å². The smallest absolute Gasteiger partial charge is 0.234 e. The minimum Gasteiger partial charge on any atom is -0.386 e. The maximum atomic E-state index is 12.5. The molecule has 0 bridgehead atoms. The van der Waals surface area contributed by atoms with Gasteiger partial charge in [0.15, 0.2) is 0 Å². The molecule has 1 aromatic rings. The lowest BCUT2D eigenvalue weighted by molar-refractivity contribution is 0.0785. The number of rotatable bonds is 4. The van der Waals surface area contributed by atoms with Crippen LogP contribution in [0.4, 0.5) is 0 Å². The number of nitrogens with one attached hydrogen (secondary N) is 1. The third-order valence-electron chi connectivity index (χ3n) is 4.14. The lowest BCUT2D eigenvalue weighted by Gasteiger charge is -2.36. The van der Waals surface area contributed by atoms with Crippen LogP contribution in [0.3, 0.4) is 0 Å². The van der Waals surface area contributed by atoms with Gasteiger partial charge in [0.1, 0.15) is 8.24 Å². The molecule has 0 spiro atoms. The molecule has 0 heterocycles. The first kappa shape index (κ1) is 18.4. The van der Waals surface area contributed by atoms with Crippen LogP contribution in [0, 0.1) is 0 Å². The molecular weight excluding hydrogens is 302 g/mol. The summed E-state index contributed by atoms with van der Waals surface area (Å²) in [6.07, 6.45) is 0. The Labute approximate surface area is 129 Å². The van der Waals surface area contributed by atoms with E-state index < -0.39 is 23.9 Å². The largest absolute Gasteiger partial charge is 0.386 e. The standard InChI is InChI=1S/C15H27NO3SSi/c1-14(2,3)21(6,7)16-20(18,19)13-10-8-12(9-11-13)15(4,5)17/h8-11,16-17H,1-7H3. The van der Waals surface area contributed by atoms with Gasteiger partial charge in [0, 0.05) is 0 Å². The van der Waals surface area contributed by atoms with Crippen LogP contribution < -0.4 is 4.39 Å². The molecule has 0 aromatic heterocycles. The van der Waals surface area contributed by atoms with Crippen LogP contribution in [0.1, 0.15) is 40.2 Å². The molecule has 1 rings (SSSR count). The quantitative estimate of drug-likeness (QED) is 0.834. The summed E-state index contributed by atoms with van der Waals surface area (Å²) in [6, 6.07) is 6.39. The summed E-state index contributed by atoms with van der Waals surface area (Å²) >= 11 is 0. The SMILES string of the molecule is CC(C)(O)c1ccc(S(=O)(=O)N[Si](C)(C)C(C)(C)C)cc1. The lowest BCUT2D eigenvalue weighted by atomic mass is 9.99. The molecule has 0 atom stereocenters. The third-order valence-corrected chi connectivity index (χ3v) is 11.9. The van der Waals surface area contributed by atoms with Crippen LogP contribution in [0.15, 0.2) is 29.2 Å². The first-order valence-corrected chi connectivity index (χ1v) is 11.5. The highest BCUT2D eigenvalue weighted by molar-refractivity contribution is 7.91. The topological polar surface area (TPSA) is 66.4 Å². The van der Waals surface area contributed by atoms with Crippen LogP contribution in [-0.4, -0.2) is 21.8 Å². The second-order valence-corrected chi connectivity index (χ2v) is 14.6. The minimum atomic E-state index is -3.53. The van der Waals surface area contributed by atoms with Gasteiger partial charge in [-0.05, 0) is 36.6 Å². The second-order valence-electron chi connectivity index (χ2n) is 7.56. The molecule has 0 amide bonds. The predicted molar refractivity (Wildman–Crippen MR) is 89.2 cm³/mol. The first-order valence-electron chi connectivity index (χ1n) is 7.04. The maximum absolute atomic E-state index is 12.5. The van der Waals surface area contributed by atoms with E-state index in [4.69, 9.17) is 0 Å². The van der Waals surface area contributed by atoms with Crippen molar-refractivity contribution in [2.24, 2.45) is 0 Å². The van der Waals surface area contributed by atoms with E-state index in [9.17, 15) is 13.5 Å². The number of hydrogen-bond donors (Lipinski definition) is 2. The van der Waals surface area contributed by atoms with Gasteiger partial charge in [-0.1, -0.05) is 46.0 Å². The normalized spacial score (nSPS) is 14.3. The summed E-state index contributed by atoms with van der Waals surface area (Å²) in [5.74, 6) is 0. The van der Waals surface area contributed by atoms with Crippen LogP contribution in [0.5, 0.6) is 0 Å². The summed E-state index contributed by atoms with van der Waals surface area (Å²) < 4.78 is 27.9. The summed E-state index contributed by atoms with van der Waals surface area (Å²) in [7, 11) is -5.69. The zero-order valence-corrected chi connectivity index (χ0v) is 15.8. The zero-order chi connectivity index (χ0) is 16.7. The van der Waals surface area contributed by atoms with Crippen LogP contribution in [0.25, 0.3) is 0 Å². The Bertz CT molecular complexity index is 593. The number of benzene rings is 1. The van der Waals surface area contributed by atoms with Gasteiger partial charge < -0.3 is 5.11 Å². The Morgan fingerprint density at radius 1 is 1.00 bits per heavy atom. The van der Waals surface area contributed by atoms with E-state index in [1.165, 1.54) is 0 Å². The average Bonchev–Trinajstić information content (AvgIpc) is 2.25. The van der Waals surface area contributed by atoms with Crippen molar-refractivity contribution >= 4 is 18.3 Å². The Balaban J connectivity index is 3.10. The third kappa shape index (κ3) is 4.39. The predicted octanol–water partition coefficient (Wildman–Crippen LogP) is 3.20. The monoisotopic (exact) mass is 329 g/mol. The molecular formula is C15H27NO3SSi. The number of hydrogen-bond acceptors (Lipinski definition) is 3. The van der Waals surface area contributed by atoms with Gasteiger partial charge in [0.2, 0.25) is 10.0 Å². The molecule has 0 saturated heterocycles. The Morgan fingerprint density at radius 2 is 1.43 bits per heavy atom. The van der Waals surface area contributed by atoms with Crippen LogP contribution in [-0.2, 0) is 15.6 Å². The molecule has 21 heavy (non-hydrogen) atoms. The maximum Gasteiger partial charge on any atom is 0.234 e. The van der Waals surface area contributed by atoms with Crippen LogP contribution >= 0.6 is 0 Å². The van der Waals surface area contributed by atoms with Crippen LogP contribution in [0.2, 0.25) is 18.1 Å². The molecule has 0 unspecified atom stereocenters. The van der Waals surface area contributed by atoms with Gasteiger partial charge in [0.05, 0.1) is 10.5 Å². The van der Waals surface area contributed by atoms with Crippen molar-refractivity contribution < 1.29 is 13.5 Å². The molecule has 120 valence electrons. The lowest BCUT2D eigenvalue weighted by Crippen LogP contribution is -2.54. The Morgan fingerprint density at radius 3 is 1.76 bits per heavy atom. The van der Waals surface area contributed by atoms with Gasteiger partial charge in [-0.2, -0.15) is 0 Å². The van der Waals surface area contributed by atoms with E-state index in [2.05, 4.69) is 25.2 Å². The molecule has 1 aromatic carbocycles. The summed E-state index contributed by atoms with van der Waals surface area (Å²) in [5.41, 5.74) is -0.288. The molecule has 0 saturated carbocycles. The fraction of sp³-hybridized carbons (Fsp3) is 0.600. The highest BCUT2D eigenvalue weighted by Gasteiger charge is 2.39. The summed E-state index contributed by atoms with van der Waals surface area (Å²) in [6.45, 7) is 13.5. The highest BCUT2D eigenvalue weighted by atomic mass is 32.2. The van der Waals surface area contributed by atoms with Crippen molar-refractivity contribution in [2.75, 3.05) is 0 Å². The molecule has 0 fully saturated rings. The number of sulfonamides is 1. The van der Waals surface area contributed by atoms with Crippen molar-refractivity contribution in [2.45, 2.75) is 63.2 Å². The van der Waals surface area contributed by atoms with E-state index in [-0.39, 0.29) is 9.93 Å². The van der Waals surface area contributed by atoms with Crippen molar-refractivity contribution in [1.29, 1.82) is 0 Å². The minimum absolute atomic E-state index is 0.0763. The molecule has 0 aliphatic heterocycles. The van der Waals surface area contributed by atoms with Gasteiger partial charge in [-0.25, -0.2) is 12.8 Å². The Hall–Kier alpha value is -0.693. The fourth-order valence-corrected chi connectivity index (χ4v) is 6.47. The molecule has 0 aliphatic carbocycles. The van der Waals surface area contributed by atoms with Crippen molar-refractivity contribution in [1.82, 2.24) is 4.39 Å². The van der Waals surface area contributed by atoms with Crippen molar-refractivity contribution in [3.05, 3.63) is 29.8 Å². The van der Waals surface area contributed by atoms with E-state index in [0.29, 0.717) is 5.56 Å². The van der Waals surface area contributed by atoms with Crippen molar-refractivity contribution in [3.63, 3.8) is 0 Å². The fourth-order valence-electron chi connectivity index (χ4n) is 1.59. The van der Waals surface area contributed by atoms with Gasteiger partial charge in [-0.3, -0.25) is 0 Å². The average molecular weight is 330 g/mol. The zero-order valence-electron chi connectivity index (χ0n) is 14.0. The van der Waals surface area contributed by atoms with Gasteiger partial charge in [0.25, 0.3) is 0 Å². The summed E-state index contributed by atoms with van der Waals surface area (Å²) in [4.78, 5) is 0.236. The van der Waals surface area contributed by atoms with Crippen molar-refractivity contribution in [3.8, 4) is 0 Å². The molecule has 0 radical (unpaired) electrons.